The molecule has 0 spiro atoms. The molecule has 19 heavy (non-hydrogen) atoms. The van der Waals surface area contributed by atoms with Gasteiger partial charge in [-0.1, -0.05) is 32.0 Å². The molecule has 1 nitrogen and oxygen atoms in total. The van der Waals surface area contributed by atoms with Gasteiger partial charge >= 0.3 is 0 Å². The first-order valence-electron chi connectivity index (χ1n) is 7.24. The summed E-state index contributed by atoms with van der Waals surface area (Å²) in [5.41, 5.74) is 1.78. The zero-order valence-electron chi connectivity index (χ0n) is 11.9. The Kier molecular flexibility index (Phi) is 5.61. The van der Waals surface area contributed by atoms with E-state index in [2.05, 4.69) is 43.4 Å². The molecule has 0 amide bonds. The molecule has 1 N–H and O–H groups in total. The lowest BCUT2D eigenvalue weighted by atomic mass is 9.84. The zero-order chi connectivity index (χ0) is 13.7. The first-order chi connectivity index (χ1) is 9.23. The second-order valence-corrected chi connectivity index (χ2v) is 7.13. The summed E-state index contributed by atoms with van der Waals surface area (Å²) in [6, 6.07) is 8.76. The normalized spacial score (nSPS) is 18.6. The molecule has 1 aromatic rings. The van der Waals surface area contributed by atoms with Crippen molar-refractivity contribution in [2.24, 2.45) is 5.41 Å². The molecule has 1 aliphatic heterocycles. The van der Waals surface area contributed by atoms with Crippen molar-refractivity contribution in [1.82, 2.24) is 5.32 Å². The standard InChI is InChI=1S/C16H24ClNS/c1-3-16(4-2,11-17)12-18-10-14-9-13-7-5-6-8-15(13)19-14/h5-8,14,18H,3-4,9-12H2,1-2H3. The fraction of sp³-hybridized carbons (Fsp3) is 0.625. The van der Waals surface area contributed by atoms with Crippen molar-refractivity contribution in [3.8, 4) is 0 Å². The minimum absolute atomic E-state index is 0.275. The molecular formula is C16H24ClNS. The van der Waals surface area contributed by atoms with Crippen LogP contribution in [0.3, 0.4) is 0 Å². The highest BCUT2D eigenvalue weighted by atomic mass is 35.5. The Morgan fingerprint density at radius 1 is 1.32 bits per heavy atom. The van der Waals surface area contributed by atoms with Crippen LogP contribution in [0.25, 0.3) is 0 Å². The van der Waals surface area contributed by atoms with Gasteiger partial charge in [0.05, 0.1) is 0 Å². The molecule has 0 aromatic heterocycles. The van der Waals surface area contributed by atoms with E-state index in [-0.39, 0.29) is 5.41 Å². The summed E-state index contributed by atoms with van der Waals surface area (Å²) in [6.45, 7) is 6.61. The van der Waals surface area contributed by atoms with Crippen LogP contribution in [0.4, 0.5) is 0 Å². The van der Waals surface area contributed by atoms with Gasteiger partial charge in [-0.25, -0.2) is 0 Å². The quantitative estimate of drug-likeness (QED) is 0.752. The van der Waals surface area contributed by atoms with E-state index in [1.165, 1.54) is 16.9 Å². The molecule has 1 aromatic carbocycles. The van der Waals surface area contributed by atoms with Crippen LogP contribution in [0.2, 0.25) is 0 Å². The van der Waals surface area contributed by atoms with Gasteiger partial charge in [0.2, 0.25) is 0 Å². The summed E-state index contributed by atoms with van der Waals surface area (Å²) in [5, 5.41) is 4.33. The van der Waals surface area contributed by atoms with Gasteiger partial charge in [-0.15, -0.1) is 23.4 Å². The Morgan fingerprint density at radius 2 is 2.05 bits per heavy atom. The average Bonchev–Trinajstić information content (AvgIpc) is 2.87. The third-order valence-corrected chi connectivity index (χ3v) is 6.26. The fourth-order valence-corrected chi connectivity index (χ4v) is 4.36. The molecule has 0 bridgehead atoms. The molecule has 3 heteroatoms. The van der Waals surface area contributed by atoms with Gasteiger partial charge in [0.15, 0.2) is 0 Å². The van der Waals surface area contributed by atoms with E-state index in [0.717, 1.165) is 31.8 Å². The van der Waals surface area contributed by atoms with Crippen LogP contribution in [0, 0.1) is 5.41 Å². The first kappa shape index (κ1) is 15.2. The summed E-state index contributed by atoms with van der Waals surface area (Å²) in [6.07, 6.45) is 3.50. The van der Waals surface area contributed by atoms with Crippen molar-refractivity contribution in [2.75, 3.05) is 19.0 Å². The van der Waals surface area contributed by atoms with Crippen LogP contribution < -0.4 is 5.32 Å². The van der Waals surface area contributed by atoms with E-state index in [0.29, 0.717) is 5.25 Å². The monoisotopic (exact) mass is 297 g/mol. The van der Waals surface area contributed by atoms with Crippen molar-refractivity contribution in [3.05, 3.63) is 29.8 Å². The van der Waals surface area contributed by atoms with Crippen molar-refractivity contribution in [2.45, 2.75) is 43.3 Å². The minimum atomic E-state index is 0.275. The van der Waals surface area contributed by atoms with Gasteiger partial charge < -0.3 is 5.32 Å². The molecule has 2 rings (SSSR count). The number of rotatable bonds is 7. The smallest absolute Gasteiger partial charge is 0.0291 e. The molecule has 106 valence electrons. The average molecular weight is 298 g/mol. The molecule has 1 unspecified atom stereocenters. The Balaban J connectivity index is 1.79. The predicted molar refractivity (Wildman–Crippen MR) is 86.4 cm³/mol. The lowest BCUT2D eigenvalue weighted by Crippen LogP contribution is -2.37. The molecule has 1 atom stereocenters. The fourth-order valence-electron chi connectivity index (χ4n) is 2.60. The van der Waals surface area contributed by atoms with E-state index < -0.39 is 0 Å². The lowest BCUT2D eigenvalue weighted by Gasteiger charge is -2.30. The highest BCUT2D eigenvalue weighted by Crippen LogP contribution is 2.36. The Morgan fingerprint density at radius 3 is 2.68 bits per heavy atom. The summed E-state index contributed by atoms with van der Waals surface area (Å²) in [4.78, 5) is 1.46. The van der Waals surface area contributed by atoms with Gasteiger partial charge in [0, 0.05) is 29.1 Å². The molecule has 1 aliphatic rings. The number of fused-ring (bicyclic) bond motifs is 1. The van der Waals surface area contributed by atoms with Gasteiger partial charge in [0.1, 0.15) is 0 Å². The number of benzene rings is 1. The van der Waals surface area contributed by atoms with Gasteiger partial charge in [-0.05, 0) is 36.3 Å². The third kappa shape index (κ3) is 3.68. The number of nitrogens with one attached hydrogen (secondary N) is 1. The van der Waals surface area contributed by atoms with E-state index >= 15 is 0 Å². The van der Waals surface area contributed by atoms with Crippen LogP contribution in [0.15, 0.2) is 29.2 Å². The van der Waals surface area contributed by atoms with E-state index in [4.69, 9.17) is 11.6 Å². The second kappa shape index (κ2) is 7.01. The Hall–Kier alpha value is -0.180. The van der Waals surface area contributed by atoms with E-state index in [1.54, 1.807) is 0 Å². The van der Waals surface area contributed by atoms with Crippen LogP contribution in [-0.4, -0.2) is 24.2 Å². The van der Waals surface area contributed by atoms with Crippen molar-refractivity contribution in [1.29, 1.82) is 0 Å². The largest absolute Gasteiger partial charge is 0.315 e. The van der Waals surface area contributed by atoms with Crippen LogP contribution in [0.5, 0.6) is 0 Å². The number of hydrogen-bond acceptors (Lipinski definition) is 2. The van der Waals surface area contributed by atoms with Gasteiger partial charge in [0.25, 0.3) is 0 Å². The van der Waals surface area contributed by atoms with E-state index in [9.17, 15) is 0 Å². The lowest BCUT2D eigenvalue weighted by molar-refractivity contribution is 0.287. The summed E-state index contributed by atoms with van der Waals surface area (Å²) < 4.78 is 0. The van der Waals surface area contributed by atoms with E-state index in [1.807, 2.05) is 11.8 Å². The molecule has 0 radical (unpaired) electrons. The molecule has 0 saturated carbocycles. The minimum Gasteiger partial charge on any atom is -0.315 e. The maximum atomic E-state index is 6.15. The Labute approximate surface area is 126 Å². The molecule has 0 saturated heterocycles. The summed E-state index contributed by atoms with van der Waals surface area (Å²) >= 11 is 8.16. The molecule has 1 heterocycles. The predicted octanol–water partition coefficient (Wildman–Crippen LogP) is 4.34. The zero-order valence-corrected chi connectivity index (χ0v) is 13.5. The summed E-state index contributed by atoms with van der Waals surface area (Å²) in [5.74, 6) is 0.755. The maximum Gasteiger partial charge on any atom is 0.0291 e. The topological polar surface area (TPSA) is 12.0 Å². The second-order valence-electron chi connectivity index (χ2n) is 5.52. The molecular weight excluding hydrogens is 274 g/mol. The summed E-state index contributed by atoms with van der Waals surface area (Å²) in [7, 11) is 0. The first-order valence-corrected chi connectivity index (χ1v) is 8.65. The van der Waals surface area contributed by atoms with Crippen LogP contribution >= 0.6 is 23.4 Å². The van der Waals surface area contributed by atoms with Gasteiger partial charge in [-0.3, -0.25) is 0 Å². The molecule has 0 fully saturated rings. The van der Waals surface area contributed by atoms with Gasteiger partial charge in [-0.2, -0.15) is 0 Å². The molecule has 0 aliphatic carbocycles. The highest BCUT2D eigenvalue weighted by Gasteiger charge is 2.26. The number of thioether (sulfide) groups is 1. The Bertz CT molecular complexity index is 370. The SMILES string of the molecule is CCC(CC)(CCl)CNCC1Cc2ccccc2S1. The van der Waals surface area contributed by atoms with Crippen molar-refractivity contribution >= 4 is 23.4 Å². The van der Waals surface area contributed by atoms with Crippen LogP contribution in [0.1, 0.15) is 32.3 Å². The van der Waals surface area contributed by atoms with Crippen LogP contribution in [-0.2, 0) is 6.42 Å². The number of alkyl halides is 1. The van der Waals surface area contributed by atoms with Crippen molar-refractivity contribution in [3.63, 3.8) is 0 Å². The number of halogens is 1. The number of hydrogen-bond donors (Lipinski definition) is 1. The maximum absolute atomic E-state index is 6.15. The highest BCUT2D eigenvalue weighted by molar-refractivity contribution is 8.00. The van der Waals surface area contributed by atoms with Crippen molar-refractivity contribution < 1.29 is 0 Å². The third-order valence-electron chi connectivity index (χ3n) is 4.37.